The summed E-state index contributed by atoms with van der Waals surface area (Å²) in [6, 6.07) is 12.8. The van der Waals surface area contributed by atoms with E-state index in [1.807, 2.05) is 30.3 Å². The van der Waals surface area contributed by atoms with Gasteiger partial charge in [0.1, 0.15) is 22.8 Å². The van der Waals surface area contributed by atoms with Crippen LogP contribution < -0.4 is 5.73 Å². The minimum atomic E-state index is -2.85. The number of fused-ring (bicyclic) bond motifs is 4. The SMILES string of the molecule is C[C@H]1c2c(-c3cc4ccccc4s3)ccc(O)c2C(O)=C2C(=O)[C@]3(O)C(O)=C(C(N)=O)C(=O)C[C@@H]3[C@@H](O)[C@@H]21. The van der Waals surface area contributed by atoms with Crippen molar-refractivity contribution in [2.24, 2.45) is 17.6 Å². The van der Waals surface area contributed by atoms with Crippen LogP contribution in [-0.2, 0) is 14.4 Å². The smallest absolute Gasteiger partial charge is 0.255 e. The largest absolute Gasteiger partial charge is 0.508 e. The molecular weight excluding hydrogens is 510 g/mol. The number of phenolic OH excluding ortho intramolecular Hbond substituents is 1. The Bertz CT molecular complexity index is 1630. The lowest BCUT2D eigenvalue weighted by atomic mass is 9.55. The number of aliphatic hydroxyl groups excluding tert-OH is 3. The van der Waals surface area contributed by atoms with Crippen LogP contribution in [0.15, 0.2) is 59.4 Å². The number of ketones is 2. The molecule has 0 radical (unpaired) electrons. The molecule has 0 unspecified atom stereocenters. The highest BCUT2D eigenvalue weighted by Crippen LogP contribution is 2.57. The summed E-state index contributed by atoms with van der Waals surface area (Å²) in [6.45, 7) is 1.72. The van der Waals surface area contributed by atoms with E-state index in [4.69, 9.17) is 5.73 Å². The summed E-state index contributed by atoms with van der Waals surface area (Å²) in [4.78, 5) is 39.1. The van der Waals surface area contributed by atoms with E-state index in [1.165, 1.54) is 17.4 Å². The van der Waals surface area contributed by atoms with E-state index in [0.717, 1.165) is 15.0 Å². The quantitative estimate of drug-likeness (QED) is 0.272. The van der Waals surface area contributed by atoms with Crippen molar-refractivity contribution < 1.29 is 39.9 Å². The molecule has 194 valence electrons. The summed E-state index contributed by atoms with van der Waals surface area (Å²) >= 11 is 1.51. The maximum Gasteiger partial charge on any atom is 0.255 e. The zero-order valence-corrected chi connectivity index (χ0v) is 20.8. The second-order valence-electron chi connectivity index (χ2n) is 10.1. The third-order valence-corrected chi connectivity index (χ3v) is 9.32. The first-order valence-electron chi connectivity index (χ1n) is 12.0. The predicted molar refractivity (Wildman–Crippen MR) is 138 cm³/mol. The minimum Gasteiger partial charge on any atom is -0.508 e. The molecule has 10 heteroatoms. The van der Waals surface area contributed by atoms with Gasteiger partial charge in [0.25, 0.3) is 5.91 Å². The van der Waals surface area contributed by atoms with Crippen molar-refractivity contribution in [2.75, 3.05) is 0 Å². The van der Waals surface area contributed by atoms with Crippen LogP contribution in [0.2, 0.25) is 0 Å². The van der Waals surface area contributed by atoms with Gasteiger partial charge in [-0.05, 0) is 46.7 Å². The van der Waals surface area contributed by atoms with E-state index < -0.39 is 76.0 Å². The van der Waals surface area contributed by atoms with Gasteiger partial charge in [-0.25, -0.2) is 0 Å². The molecular formula is C28H23NO8S. The molecule has 1 saturated carbocycles. The molecule has 1 aromatic heterocycles. The van der Waals surface area contributed by atoms with E-state index in [9.17, 15) is 39.9 Å². The number of hydrogen-bond acceptors (Lipinski definition) is 9. The molecule has 9 nitrogen and oxygen atoms in total. The Kier molecular flexibility index (Phi) is 5.13. The second kappa shape index (κ2) is 8.00. The molecule has 5 atom stereocenters. The van der Waals surface area contributed by atoms with E-state index in [-0.39, 0.29) is 11.3 Å². The number of Topliss-reactive ketones (excluding diaryl/α,β-unsaturated/α-hetero) is 2. The number of thiophene rings is 1. The van der Waals surface area contributed by atoms with Gasteiger partial charge in [-0.1, -0.05) is 25.1 Å². The lowest BCUT2D eigenvalue weighted by Gasteiger charge is -2.50. The molecule has 6 rings (SSSR count). The number of aromatic hydroxyl groups is 1. The number of carbonyl (C=O) groups is 3. The van der Waals surface area contributed by atoms with Crippen LogP contribution in [0.4, 0.5) is 0 Å². The van der Waals surface area contributed by atoms with Gasteiger partial charge in [0, 0.05) is 33.4 Å². The molecule has 1 heterocycles. The lowest BCUT2D eigenvalue weighted by molar-refractivity contribution is -0.160. The normalized spacial score (nSPS) is 28.8. The highest BCUT2D eigenvalue weighted by Gasteiger charge is 2.65. The Morgan fingerprint density at radius 3 is 2.50 bits per heavy atom. The number of hydrogen-bond donors (Lipinski definition) is 6. The Labute approximate surface area is 219 Å². The summed E-state index contributed by atoms with van der Waals surface area (Å²) in [5.41, 5.74) is 2.22. The van der Waals surface area contributed by atoms with E-state index in [0.29, 0.717) is 11.1 Å². The molecule has 7 N–H and O–H groups in total. The van der Waals surface area contributed by atoms with Gasteiger partial charge >= 0.3 is 0 Å². The van der Waals surface area contributed by atoms with Crippen molar-refractivity contribution >= 4 is 44.7 Å². The molecule has 0 bridgehead atoms. The average molecular weight is 534 g/mol. The molecule has 2 aromatic carbocycles. The highest BCUT2D eigenvalue weighted by atomic mass is 32.1. The summed E-state index contributed by atoms with van der Waals surface area (Å²) in [5.74, 6) is -8.81. The zero-order chi connectivity index (χ0) is 27.3. The van der Waals surface area contributed by atoms with Gasteiger partial charge in [0.2, 0.25) is 5.78 Å². The molecule has 3 aliphatic carbocycles. The minimum absolute atomic E-state index is 0.0215. The van der Waals surface area contributed by atoms with Crippen molar-refractivity contribution in [3.8, 4) is 16.2 Å². The molecule has 0 aliphatic heterocycles. The summed E-state index contributed by atoms with van der Waals surface area (Å²) < 4.78 is 1.03. The van der Waals surface area contributed by atoms with Gasteiger partial charge in [-0.15, -0.1) is 11.3 Å². The number of nitrogens with two attached hydrogens (primary N) is 1. The lowest BCUT2D eigenvalue weighted by Crippen LogP contribution is -2.63. The summed E-state index contributed by atoms with van der Waals surface area (Å²) in [5, 5.41) is 56.8. The fourth-order valence-corrected chi connectivity index (χ4v) is 7.51. The van der Waals surface area contributed by atoms with Crippen molar-refractivity contribution in [2.45, 2.75) is 31.0 Å². The maximum atomic E-state index is 13.8. The Morgan fingerprint density at radius 1 is 1.11 bits per heavy atom. The van der Waals surface area contributed by atoms with Gasteiger partial charge in [0.15, 0.2) is 11.4 Å². The van der Waals surface area contributed by atoms with Crippen LogP contribution in [-0.4, -0.2) is 54.7 Å². The molecule has 3 aliphatic rings. The fraction of sp³-hybridized carbons (Fsp3) is 0.250. The van der Waals surface area contributed by atoms with Gasteiger partial charge < -0.3 is 31.3 Å². The number of primary amides is 1. The maximum absolute atomic E-state index is 13.8. The first-order chi connectivity index (χ1) is 18.0. The third kappa shape index (κ3) is 2.96. The molecule has 1 fully saturated rings. The number of carbonyl (C=O) groups excluding carboxylic acids is 3. The Balaban J connectivity index is 1.61. The fourth-order valence-electron chi connectivity index (χ4n) is 6.41. The van der Waals surface area contributed by atoms with Crippen molar-refractivity contribution in [1.82, 2.24) is 0 Å². The van der Waals surface area contributed by atoms with Crippen molar-refractivity contribution in [3.05, 3.63) is 70.5 Å². The molecule has 0 spiro atoms. The van der Waals surface area contributed by atoms with Gasteiger partial charge in [-0.2, -0.15) is 0 Å². The molecule has 3 aromatic rings. The number of amides is 1. The monoisotopic (exact) mass is 533 g/mol. The third-order valence-electron chi connectivity index (χ3n) is 8.17. The average Bonchev–Trinajstić information content (AvgIpc) is 3.30. The molecule has 38 heavy (non-hydrogen) atoms. The van der Waals surface area contributed by atoms with Crippen LogP contribution in [0.1, 0.15) is 30.4 Å². The van der Waals surface area contributed by atoms with Gasteiger partial charge in [-0.3, -0.25) is 14.4 Å². The van der Waals surface area contributed by atoms with Crippen LogP contribution in [0.3, 0.4) is 0 Å². The van der Waals surface area contributed by atoms with Crippen molar-refractivity contribution in [3.63, 3.8) is 0 Å². The van der Waals surface area contributed by atoms with Gasteiger partial charge in [0.05, 0.1) is 11.7 Å². The number of aliphatic hydroxyl groups is 4. The standard InChI is InChI=1S/C28H23NO8S/c1-10-18-12(17-8-11-4-2-3-5-16(11)38-17)6-7-14(30)20(18)24(33)22-19(10)23(32)13-9-15(31)21(27(29)36)25(34)28(13,37)26(22)35/h2-8,10,13,19,23,30,32-34,37H,9H2,1H3,(H2,29,36)/t10-,13+,19+,23+,28+/m0/s1. The Hall–Kier alpha value is -3.99. The number of phenols is 1. The zero-order valence-electron chi connectivity index (χ0n) is 20.0. The Morgan fingerprint density at radius 2 is 1.82 bits per heavy atom. The first-order valence-corrected chi connectivity index (χ1v) is 12.8. The molecule has 1 amide bonds. The number of rotatable bonds is 2. The number of benzene rings is 2. The highest BCUT2D eigenvalue weighted by molar-refractivity contribution is 7.22. The van der Waals surface area contributed by atoms with Crippen LogP contribution >= 0.6 is 11.3 Å². The summed E-state index contributed by atoms with van der Waals surface area (Å²) in [7, 11) is 0. The van der Waals surface area contributed by atoms with Crippen molar-refractivity contribution in [1.29, 1.82) is 0 Å². The van der Waals surface area contributed by atoms with E-state index in [2.05, 4.69) is 0 Å². The van der Waals surface area contributed by atoms with E-state index in [1.54, 1.807) is 13.0 Å². The van der Waals surface area contributed by atoms with E-state index >= 15 is 0 Å². The van der Waals surface area contributed by atoms with Crippen LogP contribution in [0, 0.1) is 11.8 Å². The first kappa shape index (κ1) is 24.4. The topological polar surface area (TPSA) is 178 Å². The summed E-state index contributed by atoms with van der Waals surface area (Å²) in [6.07, 6.45) is -2.19. The van der Waals surface area contributed by atoms with Crippen LogP contribution in [0.25, 0.3) is 26.3 Å². The second-order valence-corrected chi connectivity index (χ2v) is 11.1. The molecule has 0 saturated heterocycles. The predicted octanol–water partition coefficient (Wildman–Crippen LogP) is 2.84. The van der Waals surface area contributed by atoms with Crippen LogP contribution in [0.5, 0.6) is 5.75 Å².